The van der Waals surface area contributed by atoms with Crippen LogP contribution in [0.1, 0.15) is 5.56 Å². The maximum atomic E-state index is 13.6. The van der Waals surface area contributed by atoms with Crippen LogP contribution in [-0.2, 0) is 6.54 Å². The Labute approximate surface area is 133 Å². The Kier molecular flexibility index (Phi) is 3.05. The molecule has 0 aliphatic rings. The Morgan fingerprint density at radius 3 is 2.54 bits per heavy atom. The number of rotatable bonds is 2. The summed E-state index contributed by atoms with van der Waals surface area (Å²) in [6.45, 7) is 0.228. The van der Waals surface area contributed by atoms with Crippen molar-refractivity contribution >= 4 is 22.5 Å². The summed E-state index contributed by atoms with van der Waals surface area (Å²) in [7, 11) is 0. The molecule has 0 spiro atoms. The number of nitrogen functional groups attached to an aromatic ring is 1. The molecule has 0 amide bonds. The van der Waals surface area contributed by atoms with Gasteiger partial charge in [0.15, 0.2) is 17.5 Å². The molecular formula is C16H11F2N5O. The minimum absolute atomic E-state index is 0.0302. The van der Waals surface area contributed by atoms with E-state index in [1.165, 1.54) is 4.68 Å². The number of anilines is 1. The molecule has 0 saturated carbocycles. The van der Waals surface area contributed by atoms with Crippen molar-refractivity contribution in [1.29, 1.82) is 0 Å². The normalized spacial score (nSPS) is 11.4. The zero-order valence-corrected chi connectivity index (χ0v) is 12.3. The Morgan fingerprint density at radius 1 is 1.08 bits per heavy atom. The van der Waals surface area contributed by atoms with Gasteiger partial charge in [-0.1, -0.05) is 30.3 Å². The van der Waals surface area contributed by atoms with Gasteiger partial charge in [0.2, 0.25) is 5.65 Å². The number of aromatic nitrogens is 4. The van der Waals surface area contributed by atoms with E-state index in [2.05, 4.69) is 10.1 Å². The van der Waals surface area contributed by atoms with E-state index in [9.17, 15) is 13.6 Å². The maximum absolute atomic E-state index is 13.6. The lowest BCUT2D eigenvalue weighted by Gasteiger charge is -2.03. The molecular weight excluding hydrogens is 316 g/mol. The summed E-state index contributed by atoms with van der Waals surface area (Å²) in [5, 5.41) is 4.17. The molecule has 0 unspecified atom stereocenters. The average Bonchev–Trinajstić information content (AvgIpc) is 2.89. The first-order valence-electron chi connectivity index (χ1n) is 7.12. The predicted molar refractivity (Wildman–Crippen MR) is 84.6 cm³/mol. The molecule has 4 rings (SSSR count). The van der Waals surface area contributed by atoms with Crippen LogP contribution in [0.4, 0.5) is 14.6 Å². The van der Waals surface area contributed by atoms with Gasteiger partial charge in [0.05, 0.1) is 17.6 Å². The van der Waals surface area contributed by atoms with Crippen LogP contribution >= 0.6 is 0 Å². The van der Waals surface area contributed by atoms with Crippen LogP contribution in [0.5, 0.6) is 0 Å². The highest BCUT2D eigenvalue weighted by Crippen LogP contribution is 2.20. The summed E-state index contributed by atoms with van der Waals surface area (Å²) in [5.41, 5.74) is 6.50. The van der Waals surface area contributed by atoms with Gasteiger partial charge < -0.3 is 5.73 Å². The van der Waals surface area contributed by atoms with E-state index >= 15 is 0 Å². The van der Waals surface area contributed by atoms with Crippen molar-refractivity contribution in [2.75, 3.05) is 5.73 Å². The Bertz CT molecular complexity index is 1130. The number of nitrogens with two attached hydrogens (primary N) is 1. The van der Waals surface area contributed by atoms with E-state index < -0.39 is 17.3 Å². The van der Waals surface area contributed by atoms with E-state index in [1.807, 2.05) is 30.3 Å². The molecule has 8 heteroatoms. The molecule has 4 aromatic rings. The highest BCUT2D eigenvalue weighted by Gasteiger charge is 2.16. The monoisotopic (exact) mass is 327 g/mol. The number of fused-ring (bicyclic) bond motifs is 3. The molecule has 2 N–H and O–H groups in total. The fraction of sp³-hybridized carbons (Fsp3) is 0.0625. The lowest BCUT2D eigenvalue weighted by Crippen LogP contribution is -2.22. The minimum atomic E-state index is -1.07. The molecule has 2 heterocycles. The second-order valence-electron chi connectivity index (χ2n) is 5.34. The molecule has 6 nitrogen and oxygen atoms in total. The minimum Gasteiger partial charge on any atom is -0.381 e. The Morgan fingerprint density at radius 2 is 1.79 bits per heavy atom. The van der Waals surface area contributed by atoms with Crippen LogP contribution in [0.25, 0.3) is 16.7 Å². The van der Waals surface area contributed by atoms with E-state index in [0.29, 0.717) is 0 Å². The fourth-order valence-electron chi connectivity index (χ4n) is 2.62. The Hall–Kier alpha value is -3.29. The Balaban J connectivity index is 2.01. The van der Waals surface area contributed by atoms with Crippen LogP contribution < -0.4 is 11.4 Å². The molecule has 24 heavy (non-hydrogen) atoms. The molecule has 120 valence electrons. The van der Waals surface area contributed by atoms with E-state index in [1.54, 1.807) is 0 Å². The predicted octanol–water partition coefficient (Wildman–Crippen LogP) is 1.95. The molecule has 0 radical (unpaired) electrons. The largest absolute Gasteiger partial charge is 0.381 e. The highest BCUT2D eigenvalue weighted by molar-refractivity contribution is 5.81. The third kappa shape index (κ3) is 2.11. The van der Waals surface area contributed by atoms with Gasteiger partial charge in [-0.25, -0.2) is 27.6 Å². The third-order valence-corrected chi connectivity index (χ3v) is 3.74. The number of halogens is 2. The highest BCUT2D eigenvalue weighted by atomic mass is 19.2. The van der Waals surface area contributed by atoms with Crippen LogP contribution in [0.3, 0.4) is 0 Å². The third-order valence-electron chi connectivity index (χ3n) is 3.74. The quantitative estimate of drug-likeness (QED) is 0.610. The molecule has 0 atom stereocenters. The summed E-state index contributed by atoms with van der Waals surface area (Å²) in [6.07, 6.45) is 0. The molecule has 2 aromatic heterocycles. The van der Waals surface area contributed by atoms with Crippen molar-refractivity contribution in [2.24, 2.45) is 0 Å². The number of nitrogens with zero attached hydrogens (tertiary/aromatic N) is 4. The van der Waals surface area contributed by atoms with Crippen LogP contribution in [0.2, 0.25) is 0 Å². The summed E-state index contributed by atoms with van der Waals surface area (Å²) in [4.78, 5) is 16.7. The van der Waals surface area contributed by atoms with Gasteiger partial charge in [-0.05, 0) is 5.56 Å². The van der Waals surface area contributed by atoms with Crippen molar-refractivity contribution in [2.45, 2.75) is 6.54 Å². The van der Waals surface area contributed by atoms with Crippen molar-refractivity contribution < 1.29 is 8.78 Å². The van der Waals surface area contributed by atoms with Gasteiger partial charge in [0.25, 0.3) is 0 Å². The van der Waals surface area contributed by atoms with Crippen molar-refractivity contribution in [3.05, 3.63) is 70.1 Å². The standard InChI is InChI=1S/C16H11F2N5O/c17-10-6-12-13(7-11(10)18)23-15(14(19)20-12)21-22(16(23)24)8-9-4-2-1-3-5-9/h1-7H,8H2,(H2,19,20). The van der Waals surface area contributed by atoms with Crippen LogP contribution in [0, 0.1) is 11.6 Å². The van der Waals surface area contributed by atoms with Gasteiger partial charge in [0, 0.05) is 12.1 Å². The second kappa shape index (κ2) is 5.12. The van der Waals surface area contributed by atoms with E-state index in [-0.39, 0.29) is 29.0 Å². The van der Waals surface area contributed by atoms with E-state index in [0.717, 1.165) is 22.1 Å². The summed E-state index contributed by atoms with van der Waals surface area (Å²) in [5.74, 6) is -2.16. The zero-order valence-electron chi connectivity index (χ0n) is 12.3. The smallest absolute Gasteiger partial charge is 0.351 e. The van der Waals surface area contributed by atoms with Crippen LogP contribution in [-0.4, -0.2) is 19.2 Å². The SMILES string of the molecule is Nc1nc2cc(F)c(F)cc2n2c(=O)n(Cc3ccccc3)nc12. The molecule has 0 aliphatic carbocycles. The van der Waals surface area contributed by atoms with Gasteiger partial charge >= 0.3 is 5.69 Å². The molecule has 0 aliphatic heterocycles. The van der Waals surface area contributed by atoms with Gasteiger partial charge in [-0.15, -0.1) is 5.10 Å². The first-order chi connectivity index (χ1) is 11.5. The summed E-state index contributed by atoms with van der Waals surface area (Å²) < 4.78 is 29.3. The topological polar surface area (TPSA) is 78.2 Å². The number of benzene rings is 2. The second-order valence-corrected chi connectivity index (χ2v) is 5.34. The molecule has 0 bridgehead atoms. The lowest BCUT2D eigenvalue weighted by atomic mass is 10.2. The number of hydrogen-bond acceptors (Lipinski definition) is 4. The van der Waals surface area contributed by atoms with Gasteiger partial charge in [0.1, 0.15) is 0 Å². The number of hydrogen-bond donors (Lipinski definition) is 1. The van der Waals surface area contributed by atoms with Crippen molar-refractivity contribution in [1.82, 2.24) is 19.2 Å². The molecule has 0 saturated heterocycles. The van der Waals surface area contributed by atoms with Gasteiger partial charge in [-0.3, -0.25) is 0 Å². The summed E-state index contributed by atoms with van der Waals surface area (Å²) >= 11 is 0. The maximum Gasteiger partial charge on any atom is 0.351 e. The molecule has 2 aromatic carbocycles. The molecule has 0 fully saturated rings. The van der Waals surface area contributed by atoms with Crippen LogP contribution in [0.15, 0.2) is 47.3 Å². The fourth-order valence-corrected chi connectivity index (χ4v) is 2.62. The van der Waals surface area contributed by atoms with E-state index in [4.69, 9.17) is 5.73 Å². The first-order valence-corrected chi connectivity index (χ1v) is 7.12. The lowest BCUT2D eigenvalue weighted by molar-refractivity contribution is 0.510. The van der Waals surface area contributed by atoms with Gasteiger partial charge in [-0.2, -0.15) is 0 Å². The first kappa shape index (κ1) is 14.3. The summed E-state index contributed by atoms with van der Waals surface area (Å²) in [6, 6.07) is 11.1. The van der Waals surface area contributed by atoms with Crippen molar-refractivity contribution in [3.63, 3.8) is 0 Å². The van der Waals surface area contributed by atoms with Crippen molar-refractivity contribution in [3.8, 4) is 0 Å². The average molecular weight is 327 g/mol. The zero-order chi connectivity index (χ0) is 16.8.